The molecule has 0 saturated carbocycles. The van der Waals surface area contributed by atoms with Crippen molar-refractivity contribution in [3.8, 4) is 12.3 Å². The molecular weight excluding hydrogens is 236 g/mol. The average Bonchev–Trinajstić information content (AvgIpc) is 2.40. The van der Waals surface area contributed by atoms with Crippen LogP contribution >= 0.6 is 0 Å². The Morgan fingerprint density at radius 2 is 2.05 bits per heavy atom. The molecule has 3 heteroatoms. The van der Waals surface area contributed by atoms with Crippen molar-refractivity contribution in [1.82, 2.24) is 5.32 Å². The van der Waals surface area contributed by atoms with E-state index in [1.807, 2.05) is 38.2 Å². The first-order valence-corrected chi connectivity index (χ1v) is 5.80. The first-order valence-electron chi connectivity index (χ1n) is 5.80. The molecule has 100 valence electrons. The number of anilines is 1. The molecule has 0 fully saturated rings. The highest BCUT2D eigenvalue weighted by Gasteiger charge is 2.01. The smallest absolute Gasteiger partial charge is 0.165 e. The van der Waals surface area contributed by atoms with Gasteiger partial charge in [0.05, 0.1) is 12.2 Å². The molecule has 19 heavy (non-hydrogen) atoms. The highest BCUT2D eigenvalue weighted by atomic mass is 16.1. The third kappa shape index (κ3) is 6.87. The van der Waals surface area contributed by atoms with Crippen molar-refractivity contribution in [2.75, 3.05) is 18.9 Å². The fourth-order valence-corrected chi connectivity index (χ4v) is 1.27. The van der Waals surface area contributed by atoms with E-state index < -0.39 is 0 Å². The molecule has 1 aromatic rings. The number of rotatable bonds is 5. The molecule has 0 spiro atoms. The predicted octanol–water partition coefficient (Wildman–Crippen LogP) is 2.68. The van der Waals surface area contributed by atoms with Gasteiger partial charge in [-0.25, -0.2) is 0 Å². The molecule has 0 aromatic heterocycles. The summed E-state index contributed by atoms with van der Waals surface area (Å²) >= 11 is 0. The van der Waals surface area contributed by atoms with Crippen LogP contribution in [0.1, 0.15) is 12.5 Å². The van der Waals surface area contributed by atoms with Gasteiger partial charge in [0.25, 0.3) is 0 Å². The fourth-order valence-electron chi connectivity index (χ4n) is 1.27. The molecule has 2 N–H and O–H groups in total. The number of benzene rings is 1. The number of allylic oxidation sites excluding steroid dienone is 2. The van der Waals surface area contributed by atoms with E-state index in [2.05, 4.69) is 29.7 Å². The zero-order valence-electron chi connectivity index (χ0n) is 11.5. The summed E-state index contributed by atoms with van der Waals surface area (Å²) in [7, 11) is 1.82. The molecule has 0 aliphatic heterocycles. The fraction of sp³-hybridized carbons (Fsp3) is 0.188. The van der Waals surface area contributed by atoms with Gasteiger partial charge in [-0.15, -0.1) is 6.42 Å². The van der Waals surface area contributed by atoms with Crippen molar-refractivity contribution >= 4 is 17.5 Å². The van der Waals surface area contributed by atoms with Crippen LogP contribution in [0.2, 0.25) is 0 Å². The maximum Gasteiger partial charge on any atom is 0.165 e. The highest BCUT2D eigenvalue weighted by molar-refractivity contribution is 5.82. The maximum absolute atomic E-state index is 10.4. The van der Waals surface area contributed by atoms with Crippen LogP contribution in [0.3, 0.4) is 0 Å². The summed E-state index contributed by atoms with van der Waals surface area (Å²) in [5, 5.41) is 5.70. The van der Waals surface area contributed by atoms with Crippen LogP contribution in [0.25, 0.3) is 5.57 Å². The molecule has 1 aromatic carbocycles. The molecule has 0 aliphatic carbocycles. The minimum absolute atomic E-state index is 0.346. The van der Waals surface area contributed by atoms with E-state index in [-0.39, 0.29) is 0 Å². The van der Waals surface area contributed by atoms with Gasteiger partial charge in [-0.1, -0.05) is 37.3 Å². The van der Waals surface area contributed by atoms with E-state index in [1.165, 1.54) is 0 Å². The standard InChI is InChI=1S/C12H13NO.C4H7N/c1-9(2)11-6-4-5-7-12(11)13-10(3)8-14;1-3-4-5-2/h4-8,13H,1,3H2,2H3;1,5H,4H2,2H3. The molecule has 0 unspecified atom stereocenters. The second kappa shape index (κ2) is 9.69. The van der Waals surface area contributed by atoms with Crippen molar-refractivity contribution in [1.29, 1.82) is 0 Å². The molecule has 0 heterocycles. The molecule has 0 radical (unpaired) electrons. The summed E-state index contributed by atoms with van der Waals surface area (Å²) in [5.41, 5.74) is 3.15. The molecule has 0 aliphatic rings. The number of para-hydroxylation sites is 1. The monoisotopic (exact) mass is 256 g/mol. The van der Waals surface area contributed by atoms with Crippen molar-refractivity contribution in [2.45, 2.75) is 6.92 Å². The molecule has 0 atom stereocenters. The van der Waals surface area contributed by atoms with Crippen LogP contribution in [-0.4, -0.2) is 19.9 Å². The molecule has 3 nitrogen and oxygen atoms in total. The van der Waals surface area contributed by atoms with Gasteiger partial charge < -0.3 is 10.6 Å². The Morgan fingerprint density at radius 3 is 2.47 bits per heavy atom. The topological polar surface area (TPSA) is 41.1 Å². The van der Waals surface area contributed by atoms with Crippen molar-refractivity contribution < 1.29 is 4.79 Å². The first kappa shape index (κ1) is 16.7. The van der Waals surface area contributed by atoms with E-state index in [9.17, 15) is 4.79 Å². The Labute approximate surface area is 115 Å². The normalized spacial score (nSPS) is 8.47. The Kier molecular flexibility index (Phi) is 8.51. The number of hydrogen-bond donors (Lipinski definition) is 2. The Hall–Kier alpha value is -2.31. The lowest BCUT2D eigenvalue weighted by Crippen LogP contribution is -2.03. The van der Waals surface area contributed by atoms with Crippen LogP contribution < -0.4 is 10.6 Å². The van der Waals surface area contributed by atoms with Gasteiger partial charge in [0.1, 0.15) is 0 Å². The second-order valence-corrected chi connectivity index (χ2v) is 3.83. The lowest BCUT2D eigenvalue weighted by Gasteiger charge is -2.10. The molecule has 0 bridgehead atoms. The zero-order chi connectivity index (χ0) is 14.7. The minimum atomic E-state index is 0.346. The van der Waals surface area contributed by atoms with E-state index in [0.717, 1.165) is 16.8 Å². The molecular formula is C16H20N2O. The van der Waals surface area contributed by atoms with Gasteiger partial charge in [0.2, 0.25) is 0 Å². The van der Waals surface area contributed by atoms with E-state index in [1.54, 1.807) is 0 Å². The minimum Gasteiger partial charge on any atom is -0.353 e. The van der Waals surface area contributed by atoms with Crippen LogP contribution in [0.15, 0.2) is 43.1 Å². The summed E-state index contributed by atoms with van der Waals surface area (Å²) in [5.74, 6) is 2.41. The first-order chi connectivity index (χ1) is 9.06. The quantitative estimate of drug-likeness (QED) is 0.483. The highest BCUT2D eigenvalue weighted by Crippen LogP contribution is 2.22. The van der Waals surface area contributed by atoms with Gasteiger partial charge in [-0.05, 0) is 25.6 Å². The zero-order valence-corrected chi connectivity index (χ0v) is 11.5. The third-order valence-corrected chi connectivity index (χ3v) is 2.10. The number of hydrogen-bond acceptors (Lipinski definition) is 3. The predicted molar refractivity (Wildman–Crippen MR) is 82.7 cm³/mol. The van der Waals surface area contributed by atoms with E-state index >= 15 is 0 Å². The third-order valence-electron chi connectivity index (χ3n) is 2.10. The van der Waals surface area contributed by atoms with Gasteiger partial charge in [0, 0.05) is 11.3 Å². The lowest BCUT2D eigenvalue weighted by atomic mass is 10.1. The van der Waals surface area contributed by atoms with Crippen molar-refractivity contribution in [2.24, 2.45) is 0 Å². The van der Waals surface area contributed by atoms with Gasteiger partial charge in [-0.2, -0.15) is 0 Å². The number of aldehydes is 1. The summed E-state index contributed by atoms with van der Waals surface area (Å²) in [4.78, 5) is 10.4. The van der Waals surface area contributed by atoms with Gasteiger partial charge in [0.15, 0.2) is 6.29 Å². The van der Waals surface area contributed by atoms with E-state index in [4.69, 9.17) is 6.42 Å². The van der Waals surface area contributed by atoms with E-state index in [0.29, 0.717) is 18.5 Å². The van der Waals surface area contributed by atoms with Crippen molar-refractivity contribution in [3.63, 3.8) is 0 Å². The summed E-state index contributed by atoms with van der Waals surface area (Å²) in [6.07, 6.45) is 5.52. The molecule has 0 amide bonds. The Morgan fingerprint density at radius 1 is 1.42 bits per heavy atom. The summed E-state index contributed by atoms with van der Waals surface area (Å²) in [6.45, 7) is 10.0. The van der Waals surface area contributed by atoms with Gasteiger partial charge >= 0.3 is 0 Å². The Balaban J connectivity index is 0.000000555. The van der Waals surface area contributed by atoms with Crippen LogP contribution in [0.5, 0.6) is 0 Å². The largest absolute Gasteiger partial charge is 0.353 e. The molecule has 1 rings (SSSR count). The van der Waals surface area contributed by atoms with Crippen LogP contribution in [0, 0.1) is 12.3 Å². The van der Waals surface area contributed by atoms with Gasteiger partial charge in [-0.3, -0.25) is 4.79 Å². The summed E-state index contributed by atoms with van der Waals surface area (Å²) in [6, 6.07) is 7.66. The lowest BCUT2D eigenvalue weighted by molar-refractivity contribution is -0.104. The second-order valence-electron chi connectivity index (χ2n) is 3.83. The number of carbonyl (C=O) groups excluding carboxylic acids is 1. The number of nitrogens with one attached hydrogen (secondary N) is 2. The SMILES string of the molecule is C#CCNC.C=C(C=O)Nc1ccccc1C(=C)C. The number of carbonyl (C=O) groups is 1. The molecule has 0 saturated heterocycles. The maximum atomic E-state index is 10.4. The number of terminal acetylenes is 1. The van der Waals surface area contributed by atoms with Crippen LogP contribution in [0.4, 0.5) is 5.69 Å². The van der Waals surface area contributed by atoms with Crippen molar-refractivity contribution in [3.05, 3.63) is 48.7 Å². The Bertz CT molecular complexity index is 484. The summed E-state index contributed by atoms with van der Waals surface area (Å²) < 4.78 is 0. The van der Waals surface area contributed by atoms with Crippen LogP contribution in [-0.2, 0) is 4.79 Å². The average molecular weight is 256 g/mol.